The summed E-state index contributed by atoms with van der Waals surface area (Å²) >= 11 is 0. The van der Waals surface area contributed by atoms with E-state index in [1.54, 1.807) is 12.1 Å². The zero-order chi connectivity index (χ0) is 20.9. The molecular weight excluding hydrogens is 360 g/mol. The molecule has 0 N–H and O–H groups in total. The monoisotopic (exact) mass is 396 g/mol. The fourth-order valence-electron chi connectivity index (χ4n) is 3.81. The first kappa shape index (κ1) is 23.1. The van der Waals surface area contributed by atoms with Gasteiger partial charge in [0.25, 0.3) is 0 Å². The molecule has 3 nitrogen and oxygen atoms in total. The molecule has 0 aliphatic heterocycles. The Kier molecular flexibility index (Phi) is 10.5. The number of fused-ring (bicyclic) bond motifs is 1. The lowest BCUT2D eigenvalue weighted by atomic mass is 9.97. The van der Waals surface area contributed by atoms with Gasteiger partial charge in [-0.1, -0.05) is 95.4 Å². The van der Waals surface area contributed by atoms with E-state index in [1.807, 2.05) is 24.3 Å². The van der Waals surface area contributed by atoms with Crippen molar-refractivity contribution in [1.82, 2.24) is 0 Å². The van der Waals surface area contributed by atoms with Crippen LogP contribution in [-0.4, -0.2) is 11.8 Å². The Hall–Kier alpha value is -2.16. The minimum absolute atomic E-state index is 0.173. The van der Waals surface area contributed by atoms with Crippen LogP contribution in [0.3, 0.4) is 0 Å². The molecule has 0 aromatic heterocycles. The van der Waals surface area contributed by atoms with E-state index in [9.17, 15) is 9.59 Å². The molecule has 0 aliphatic carbocycles. The van der Waals surface area contributed by atoms with Gasteiger partial charge in [0.2, 0.25) is 0 Å². The van der Waals surface area contributed by atoms with E-state index in [4.69, 9.17) is 4.74 Å². The van der Waals surface area contributed by atoms with Crippen LogP contribution in [0.25, 0.3) is 10.8 Å². The van der Waals surface area contributed by atoms with E-state index >= 15 is 0 Å². The standard InChI is InChI=1S/C26H36O3/c1-3-4-5-6-7-8-9-10-11-12-13-17-26(28)24-16-14-15-22-18-19-23(20-25(22)24)29-21(2)27/h14-16,18-20H,3-13,17H2,1-2H3. The summed E-state index contributed by atoms with van der Waals surface area (Å²) in [6.45, 7) is 3.64. The number of ether oxygens (including phenoxy) is 1. The Balaban J connectivity index is 1.73. The van der Waals surface area contributed by atoms with Gasteiger partial charge in [0.05, 0.1) is 0 Å². The molecule has 0 amide bonds. The highest BCUT2D eigenvalue weighted by atomic mass is 16.5. The highest BCUT2D eigenvalue weighted by molar-refractivity contribution is 6.08. The van der Waals surface area contributed by atoms with E-state index in [0.717, 1.165) is 29.2 Å². The number of Topliss-reactive ketones (excluding diaryl/α,β-unsaturated/α-hetero) is 1. The first-order valence-electron chi connectivity index (χ1n) is 11.4. The third-order valence-corrected chi connectivity index (χ3v) is 5.42. The van der Waals surface area contributed by atoms with Gasteiger partial charge >= 0.3 is 5.97 Å². The van der Waals surface area contributed by atoms with Crippen LogP contribution in [0, 0.1) is 0 Å². The predicted molar refractivity (Wildman–Crippen MR) is 121 cm³/mol. The Labute approximate surface area is 175 Å². The van der Waals surface area contributed by atoms with Gasteiger partial charge in [0.15, 0.2) is 5.78 Å². The fourth-order valence-corrected chi connectivity index (χ4v) is 3.81. The summed E-state index contributed by atoms with van der Waals surface area (Å²) in [7, 11) is 0. The van der Waals surface area contributed by atoms with Crippen molar-refractivity contribution in [3.8, 4) is 5.75 Å². The van der Waals surface area contributed by atoms with Crippen molar-refractivity contribution >= 4 is 22.5 Å². The highest BCUT2D eigenvalue weighted by Crippen LogP contribution is 2.26. The molecule has 3 heteroatoms. The van der Waals surface area contributed by atoms with Crippen molar-refractivity contribution in [2.24, 2.45) is 0 Å². The molecule has 0 heterocycles. The topological polar surface area (TPSA) is 43.4 Å². The predicted octanol–water partition coefficient (Wildman–Crippen LogP) is 7.65. The van der Waals surface area contributed by atoms with Crippen LogP contribution in [-0.2, 0) is 4.79 Å². The van der Waals surface area contributed by atoms with Crippen molar-refractivity contribution in [3.63, 3.8) is 0 Å². The SMILES string of the molecule is CCCCCCCCCCCCCC(=O)c1cccc2ccc(OC(C)=O)cc12. The highest BCUT2D eigenvalue weighted by Gasteiger charge is 2.11. The number of unbranched alkanes of at least 4 members (excludes halogenated alkanes) is 10. The lowest BCUT2D eigenvalue weighted by molar-refractivity contribution is -0.131. The number of hydrogen-bond donors (Lipinski definition) is 0. The number of rotatable bonds is 14. The summed E-state index contributed by atoms with van der Waals surface area (Å²) in [4.78, 5) is 24.0. The summed E-state index contributed by atoms with van der Waals surface area (Å²) < 4.78 is 5.18. The largest absolute Gasteiger partial charge is 0.427 e. The summed E-state index contributed by atoms with van der Waals surface area (Å²) in [6.07, 6.45) is 14.6. The van der Waals surface area contributed by atoms with Gasteiger partial charge in [-0.05, 0) is 29.3 Å². The molecule has 2 aromatic carbocycles. The number of hydrogen-bond acceptors (Lipinski definition) is 3. The number of ketones is 1. The number of carbonyl (C=O) groups excluding carboxylic acids is 2. The van der Waals surface area contributed by atoms with E-state index in [2.05, 4.69) is 6.92 Å². The Morgan fingerprint density at radius 1 is 0.793 bits per heavy atom. The van der Waals surface area contributed by atoms with E-state index in [1.165, 1.54) is 64.7 Å². The summed E-state index contributed by atoms with van der Waals surface area (Å²) in [6, 6.07) is 11.2. The van der Waals surface area contributed by atoms with Gasteiger partial charge < -0.3 is 4.74 Å². The van der Waals surface area contributed by atoms with Crippen molar-refractivity contribution in [1.29, 1.82) is 0 Å². The maximum Gasteiger partial charge on any atom is 0.308 e. The van der Waals surface area contributed by atoms with Crippen molar-refractivity contribution in [2.45, 2.75) is 90.9 Å². The zero-order valence-corrected chi connectivity index (χ0v) is 18.2. The first-order chi connectivity index (χ1) is 14.1. The van der Waals surface area contributed by atoms with Crippen LogP contribution in [0.5, 0.6) is 5.75 Å². The van der Waals surface area contributed by atoms with Gasteiger partial charge in [-0.15, -0.1) is 0 Å². The average molecular weight is 397 g/mol. The number of esters is 1. The van der Waals surface area contributed by atoms with Crippen molar-refractivity contribution < 1.29 is 14.3 Å². The number of carbonyl (C=O) groups is 2. The second kappa shape index (κ2) is 13.1. The smallest absolute Gasteiger partial charge is 0.308 e. The van der Waals surface area contributed by atoms with Crippen LogP contribution < -0.4 is 4.74 Å². The van der Waals surface area contributed by atoms with Gasteiger partial charge in [0, 0.05) is 18.9 Å². The van der Waals surface area contributed by atoms with E-state index < -0.39 is 0 Å². The lowest BCUT2D eigenvalue weighted by Gasteiger charge is -2.08. The minimum atomic E-state index is -0.353. The molecule has 0 saturated carbocycles. The normalized spacial score (nSPS) is 11.0. The molecule has 0 radical (unpaired) electrons. The van der Waals surface area contributed by atoms with Crippen molar-refractivity contribution in [2.75, 3.05) is 0 Å². The zero-order valence-electron chi connectivity index (χ0n) is 18.2. The first-order valence-corrected chi connectivity index (χ1v) is 11.4. The van der Waals surface area contributed by atoms with Crippen LogP contribution >= 0.6 is 0 Å². The van der Waals surface area contributed by atoms with Gasteiger partial charge in [-0.25, -0.2) is 0 Å². The number of benzene rings is 2. The quantitative estimate of drug-likeness (QED) is 0.142. The molecule has 0 bridgehead atoms. The Bertz CT molecular complexity index is 779. The maximum atomic E-state index is 12.7. The van der Waals surface area contributed by atoms with Crippen molar-refractivity contribution in [3.05, 3.63) is 42.0 Å². The molecule has 0 aliphatic rings. The molecule has 0 saturated heterocycles. The molecule has 0 atom stereocenters. The van der Waals surface area contributed by atoms with E-state index in [-0.39, 0.29) is 11.8 Å². The summed E-state index contributed by atoms with van der Waals surface area (Å²) in [5.74, 6) is 0.306. The Morgan fingerprint density at radius 2 is 1.41 bits per heavy atom. The molecule has 0 spiro atoms. The molecule has 0 fully saturated rings. The minimum Gasteiger partial charge on any atom is -0.427 e. The van der Waals surface area contributed by atoms with Crippen LogP contribution in [0.2, 0.25) is 0 Å². The molecule has 2 aromatic rings. The second-order valence-electron chi connectivity index (χ2n) is 7.99. The van der Waals surface area contributed by atoms with Crippen LogP contribution in [0.15, 0.2) is 36.4 Å². The van der Waals surface area contributed by atoms with Gasteiger partial charge in [0.1, 0.15) is 5.75 Å². The molecule has 0 unspecified atom stereocenters. The summed E-state index contributed by atoms with van der Waals surface area (Å²) in [5, 5.41) is 1.85. The summed E-state index contributed by atoms with van der Waals surface area (Å²) in [5.41, 5.74) is 0.726. The maximum absolute atomic E-state index is 12.7. The van der Waals surface area contributed by atoms with Gasteiger partial charge in [-0.3, -0.25) is 9.59 Å². The Morgan fingerprint density at radius 3 is 2.03 bits per heavy atom. The van der Waals surface area contributed by atoms with E-state index in [0.29, 0.717) is 12.2 Å². The lowest BCUT2D eigenvalue weighted by Crippen LogP contribution is -2.03. The molecule has 29 heavy (non-hydrogen) atoms. The second-order valence-corrected chi connectivity index (χ2v) is 7.99. The van der Waals surface area contributed by atoms with Crippen LogP contribution in [0.4, 0.5) is 0 Å². The molecule has 158 valence electrons. The fraction of sp³-hybridized carbons (Fsp3) is 0.538. The van der Waals surface area contributed by atoms with Crippen LogP contribution in [0.1, 0.15) is 101 Å². The third-order valence-electron chi connectivity index (χ3n) is 5.42. The third kappa shape index (κ3) is 8.39. The van der Waals surface area contributed by atoms with Gasteiger partial charge in [-0.2, -0.15) is 0 Å². The molecular formula is C26H36O3. The average Bonchev–Trinajstić information content (AvgIpc) is 2.71. The molecule has 2 rings (SSSR count).